The molecule has 2 heterocycles. The number of carbonyl (C=O) groups excluding carboxylic acids is 2. The Morgan fingerprint density at radius 3 is 2.40 bits per heavy atom. The zero-order valence-electron chi connectivity index (χ0n) is 23.5. The van der Waals surface area contributed by atoms with E-state index >= 15 is 0 Å². The highest BCUT2D eigenvalue weighted by Gasteiger charge is 2.48. The molecule has 1 unspecified atom stereocenters. The summed E-state index contributed by atoms with van der Waals surface area (Å²) in [5.41, 5.74) is 2.60. The first kappa shape index (κ1) is 28.0. The minimum Gasteiger partial charge on any atom is -0.507 e. The molecule has 0 radical (unpaired) electrons. The lowest BCUT2D eigenvalue weighted by molar-refractivity contribution is -0.132. The van der Waals surface area contributed by atoms with Crippen molar-refractivity contribution < 1.29 is 28.9 Å². The van der Waals surface area contributed by atoms with Crippen molar-refractivity contribution in [3.8, 4) is 17.2 Å². The van der Waals surface area contributed by atoms with Gasteiger partial charge in [0.25, 0.3) is 5.78 Å². The maximum atomic E-state index is 13.7. The van der Waals surface area contributed by atoms with Crippen LogP contribution in [0.1, 0.15) is 29.7 Å². The maximum absolute atomic E-state index is 13.7. The fraction of sp³-hybridized carbons (Fsp3) is 0.147. The number of anilines is 1. The second-order valence-electron chi connectivity index (χ2n) is 9.80. The van der Waals surface area contributed by atoms with E-state index in [0.29, 0.717) is 52.2 Å². The zero-order valence-corrected chi connectivity index (χ0v) is 24.3. The van der Waals surface area contributed by atoms with Crippen LogP contribution >= 0.6 is 11.3 Å². The third kappa shape index (κ3) is 5.54. The van der Waals surface area contributed by atoms with Crippen molar-refractivity contribution in [2.75, 3.05) is 18.6 Å². The Morgan fingerprint density at radius 2 is 1.65 bits per heavy atom. The van der Waals surface area contributed by atoms with Gasteiger partial charge in [0.05, 0.1) is 35.5 Å². The lowest BCUT2D eigenvalue weighted by Crippen LogP contribution is -2.29. The van der Waals surface area contributed by atoms with E-state index in [2.05, 4.69) is 0 Å². The van der Waals surface area contributed by atoms with E-state index < -0.39 is 17.7 Å². The number of Topliss-reactive ketones (excluding diaryl/α,β-unsaturated/α-hetero) is 1. The summed E-state index contributed by atoms with van der Waals surface area (Å²) in [7, 11) is 1.58. The van der Waals surface area contributed by atoms with Crippen molar-refractivity contribution in [2.45, 2.75) is 19.6 Å². The Hall–Kier alpha value is -5.15. The number of ketones is 1. The van der Waals surface area contributed by atoms with Gasteiger partial charge in [-0.05, 0) is 72.6 Å². The van der Waals surface area contributed by atoms with Crippen LogP contribution in [0.15, 0.2) is 103 Å². The third-order valence-electron chi connectivity index (χ3n) is 7.10. The summed E-state index contributed by atoms with van der Waals surface area (Å²) in [6, 6.07) is 28.2. The van der Waals surface area contributed by atoms with Crippen LogP contribution in [-0.2, 0) is 16.2 Å². The maximum Gasteiger partial charge on any atom is 0.301 e. The van der Waals surface area contributed by atoms with Gasteiger partial charge >= 0.3 is 5.91 Å². The predicted molar refractivity (Wildman–Crippen MR) is 166 cm³/mol. The number of fused-ring (bicyclic) bond motifs is 1. The average Bonchev–Trinajstić information content (AvgIpc) is 3.58. The van der Waals surface area contributed by atoms with E-state index in [9.17, 15) is 14.7 Å². The number of hydrogen-bond donors (Lipinski definition) is 1. The number of ether oxygens (including phenoxy) is 3. The number of nitrogens with zero attached hydrogens (tertiary/aromatic N) is 2. The first-order chi connectivity index (χ1) is 21.0. The van der Waals surface area contributed by atoms with Gasteiger partial charge < -0.3 is 19.3 Å². The standard InChI is InChI=1S/C34H28N2O6S/c1-3-41-24-14-12-22(13-15-24)31(37)29-30(23-10-7-11-26(18-23)42-20-21-8-5-4-6-9-21)36(33(39)32(29)38)34-35-27-17-16-25(40-2)19-28(27)43-34/h4-19,30,37H,3,20H2,1-2H3. The van der Waals surface area contributed by atoms with Gasteiger partial charge in [0.15, 0.2) is 5.13 Å². The van der Waals surface area contributed by atoms with Crippen LogP contribution in [0.4, 0.5) is 5.13 Å². The first-order valence-electron chi connectivity index (χ1n) is 13.7. The SMILES string of the molecule is CCOc1ccc(C(O)=C2C(=O)C(=O)N(c3nc4ccc(OC)cc4s3)C2c2cccc(OCc3ccccc3)c2)cc1. The molecule has 1 amide bonds. The highest BCUT2D eigenvalue weighted by molar-refractivity contribution is 7.22. The van der Waals surface area contributed by atoms with Gasteiger partial charge in [-0.25, -0.2) is 4.98 Å². The number of aliphatic hydroxyl groups is 1. The largest absolute Gasteiger partial charge is 0.507 e. The molecule has 1 saturated heterocycles. The van der Waals surface area contributed by atoms with Crippen molar-refractivity contribution in [1.29, 1.82) is 0 Å². The molecule has 1 aliphatic rings. The summed E-state index contributed by atoms with van der Waals surface area (Å²) in [6.07, 6.45) is 0. The van der Waals surface area contributed by atoms with E-state index in [0.717, 1.165) is 10.3 Å². The fourth-order valence-corrected chi connectivity index (χ4v) is 6.04. The molecule has 0 bridgehead atoms. The molecule has 4 aromatic carbocycles. The minimum absolute atomic E-state index is 0.0359. The molecule has 43 heavy (non-hydrogen) atoms. The molecular weight excluding hydrogens is 564 g/mol. The summed E-state index contributed by atoms with van der Waals surface area (Å²) >= 11 is 1.27. The van der Waals surface area contributed by atoms with Gasteiger partial charge in [0.2, 0.25) is 0 Å². The summed E-state index contributed by atoms with van der Waals surface area (Å²) in [5, 5.41) is 11.9. The highest BCUT2D eigenvalue weighted by atomic mass is 32.1. The van der Waals surface area contributed by atoms with E-state index in [4.69, 9.17) is 19.2 Å². The summed E-state index contributed by atoms with van der Waals surface area (Å²) in [5.74, 6) is -0.0263. The van der Waals surface area contributed by atoms with Crippen LogP contribution in [0.25, 0.3) is 16.0 Å². The van der Waals surface area contributed by atoms with Gasteiger partial charge in [-0.15, -0.1) is 0 Å². The Labute approximate surface area is 252 Å². The van der Waals surface area contributed by atoms with E-state index in [-0.39, 0.29) is 11.3 Å². The molecule has 216 valence electrons. The molecule has 1 fully saturated rings. The molecule has 1 N–H and O–H groups in total. The summed E-state index contributed by atoms with van der Waals surface area (Å²) < 4.78 is 17.7. The lowest BCUT2D eigenvalue weighted by Gasteiger charge is -2.23. The van der Waals surface area contributed by atoms with Crippen molar-refractivity contribution in [2.24, 2.45) is 0 Å². The van der Waals surface area contributed by atoms with Crippen LogP contribution in [-0.4, -0.2) is 35.5 Å². The minimum atomic E-state index is -0.950. The molecule has 0 aliphatic carbocycles. The number of carbonyl (C=O) groups is 2. The second kappa shape index (κ2) is 12.0. The molecule has 1 atom stereocenters. The third-order valence-corrected chi connectivity index (χ3v) is 8.11. The number of benzene rings is 4. The zero-order chi connectivity index (χ0) is 29.9. The Balaban J connectivity index is 1.46. The van der Waals surface area contributed by atoms with Gasteiger partial charge in [-0.1, -0.05) is 53.8 Å². The molecule has 9 heteroatoms. The number of aromatic nitrogens is 1. The molecule has 1 aliphatic heterocycles. The molecule has 8 nitrogen and oxygen atoms in total. The van der Waals surface area contributed by atoms with Crippen molar-refractivity contribution >= 4 is 44.1 Å². The van der Waals surface area contributed by atoms with E-state index in [1.807, 2.05) is 49.4 Å². The molecular formula is C34H28N2O6S. The van der Waals surface area contributed by atoms with Gasteiger partial charge in [0.1, 0.15) is 29.6 Å². The van der Waals surface area contributed by atoms with Crippen LogP contribution in [0.2, 0.25) is 0 Å². The lowest BCUT2D eigenvalue weighted by atomic mass is 9.95. The molecule has 5 aromatic rings. The fourth-order valence-electron chi connectivity index (χ4n) is 5.01. The Morgan fingerprint density at radius 1 is 0.884 bits per heavy atom. The van der Waals surface area contributed by atoms with Gasteiger partial charge in [-0.3, -0.25) is 14.5 Å². The molecule has 6 rings (SSSR count). The van der Waals surface area contributed by atoms with Crippen LogP contribution < -0.4 is 19.1 Å². The average molecular weight is 593 g/mol. The van der Waals surface area contributed by atoms with Crippen molar-refractivity contribution in [1.82, 2.24) is 4.98 Å². The normalized spacial score (nSPS) is 16.0. The second-order valence-corrected chi connectivity index (χ2v) is 10.8. The summed E-state index contributed by atoms with van der Waals surface area (Å²) in [4.78, 5) is 33.4. The van der Waals surface area contributed by atoms with Crippen molar-refractivity contribution in [3.63, 3.8) is 0 Å². The van der Waals surface area contributed by atoms with Crippen LogP contribution in [0, 0.1) is 0 Å². The molecule has 1 aromatic heterocycles. The quantitative estimate of drug-likeness (QED) is 0.113. The number of thiazole rings is 1. The van der Waals surface area contributed by atoms with Gasteiger partial charge in [0, 0.05) is 5.56 Å². The monoisotopic (exact) mass is 592 g/mol. The highest BCUT2D eigenvalue weighted by Crippen LogP contribution is 2.45. The number of hydrogen-bond acceptors (Lipinski definition) is 8. The number of amides is 1. The number of methoxy groups -OCH3 is 1. The topological polar surface area (TPSA) is 98.2 Å². The van der Waals surface area contributed by atoms with Crippen LogP contribution in [0.5, 0.6) is 17.2 Å². The van der Waals surface area contributed by atoms with E-state index in [1.54, 1.807) is 61.7 Å². The predicted octanol–water partition coefficient (Wildman–Crippen LogP) is 6.91. The van der Waals surface area contributed by atoms with Gasteiger partial charge in [-0.2, -0.15) is 0 Å². The first-order valence-corrected chi connectivity index (χ1v) is 14.5. The summed E-state index contributed by atoms with van der Waals surface area (Å²) in [6.45, 7) is 2.72. The smallest absolute Gasteiger partial charge is 0.301 e. The van der Waals surface area contributed by atoms with Crippen LogP contribution in [0.3, 0.4) is 0 Å². The van der Waals surface area contributed by atoms with Crippen molar-refractivity contribution in [3.05, 3.63) is 119 Å². The number of rotatable bonds is 9. The molecule has 0 spiro atoms. The van der Waals surface area contributed by atoms with E-state index in [1.165, 1.54) is 16.2 Å². The Bertz CT molecular complexity index is 1830. The number of aliphatic hydroxyl groups excluding tert-OH is 1. The molecule has 0 saturated carbocycles. The Kier molecular flexibility index (Phi) is 7.81.